The summed E-state index contributed by atoms with van der Waals surface area (Å²) in [6, 6.07) is 0.468. The van der Waals surface area contributed by atoms with Gasteiger partial charge in [-0.1, -0.05) is 63.0 Å². The smallest absolute Gasteiger partial charge is 0.315 e. The molecule has 3 aliphatic carbocycles. The van der Waals surface area contributed by atoms with E-state index in [0.29, 0.717) is 42.1 Å². The zero-order valence-electron chi connectivity index (χ0n) is 30.4. The number of hydrogen-bond acceptors (Lipinski definition) is 5. The molecule has 270 valence electrons. The molecule has 8 atom stereocenters. The van der Waals surface area contributed by atoms with Gasteiger partial charge in [-0.15, -0.1) is 0 Å². The zero-order chi connectivity index (χ0) is 34.3. The second-order valence-electron chi connectivity index (χ2n) is 16.6. The molecule has 1 unspecified atom stereocenters. The first-order valence-corrected chi connectivity index (χ1v) is 20.3. The molecule has 5 fully saturated rings. The highest BCUT2D eigenvalue weighted by Crippen LogP contribution is 2.60. The van der Waals surface area contributed by atoms with E-state index in [4.69, 9.17) is 4.74 Å². The molecule has 3 amide bonds. The molecule has 8 heteroatoms. The van der Waals surface area contributed by atoms with Gasteiger partial charge in [0.2, 0.25) is 5.91 Å². The fourth-order valence-corrected chi connectivity index (χ4v) is 11.3. The summed E-state index contributed by atoms with van der Waals surface area (Å²) in [5.41, 5.74) is 4.11. The van der Waals surface area contributed by atoms with Crippen LogP contribution in [0.15, 0.2) is 35.5 Å². The van der Waals surface area contributed by atoms with Crippen LogP contribution in [0.25, 0.3) is 0 Å². The lowest BCUT2D eigenvalue weighted by Crippen LogP contribution is -2.36. The molecule has 7 nitrogen and oxygen atoms in total. The average molecular weight is 684 g/mol. The first-order chi connectivity index (χ1) is 22.9. The molecule has 5 rings (SSSR count). The molecule has 5 aliphatic rings. The Hall–Kier alpha value is -1.77. The van der Waals surface area contributed by atoms with E-state index in [2.05, 4.69) is 48.5 Å². The molecule has 48 heavy (non-hydrogen) atoms. The minimum absolute atomic E-state index is 0.0385. The van der Waals surface area contributed by atoms with Crippen molar-refractivity contribution < 1.29 is 19.4 Å². The van der Waals surface area contributed by atoms with E-state index < -0.39 is 5.60 Å². The second kappa shape index (κ2) is 17.0. The number of urea groups is 1. The van der Waals surface area contributed by atoms with Crippen molar-refractivity contribution in [2.24, 2.45) is 23.2 Å². The number of fused-ring (bicyclic) bond motifs is 2. The van der Waals surface area contributed by atoms with Crippen LogP contribution >= 0.6 is 11.8 Å². The molecule has 0 bridgehead atoms. The Morgan fingerprint density at radius 3 is 2.81 bits per heavy atom. The normalized spacial score (nSPS) is 34.2. The van der Waals surface area contributed by atoms with Crippen molar-refractivity contribution in [2.45, 2.75) is 159 Å². The van der Waals surface area contributed by atoms with E-state index in [9.17, 15) is 14.7 Å². The van der Waals surface area contributed by atoms with Crippen molar-refractivity contribution in [1.29, 1.82) is 0 Å². The van der Waals surface area contributed by atoms with Gasteiger partial charge in [-0.3, -0.25) is 4.79 Å². The topological polar surface area (TPSA) is 99.7 Å². The predicted molar refractivity (Wildman–Crippen MR) is 198 cm³/mol. The third-order valence-corrected chi connectivity index (χ3v) is 13.9. The van der Waals surface area contributed by atoms with E-state index in [-0.39, 0.29) is 30.1 Å². The predicted octanol–water partition coefficient (Wildman–Crippen LogP) is 7.99. The van der Waals surface area contributed by atoms with Crippen LogP contribution in [0.5, 0.6) is 0 Å². The number of rotatable bonds is 16. The van der Waals surface area contributed by atoms with Crippen molar-refractivity contribution in [2.75, 3.05) is 18.9 Å². The summed E-state index contributed by atoms with van der Waals surface area (Å²) in [6.45, 7) is 14.7. The van der Waals surface area contributed by atoms with Crippen LogP contribution in [-0.2, 0) is 9.53 Å². The van der Waals surface area contributed by atoms with Crippen molar-refractivity contribution >= 4 is 23.7 Å². The van der Waals surface area contributed by atoms with E-state index in [1.54, 1.807) is 5.57 Å². The molecule has 0 radical (unpaired) electrons. The number of allylic oxidation sites excluding steroid dienone is 4. The van der Waals surface area contributed by atoms with Gasteiger partial charge in [0.25, 0.3) is 0 Å². The Bertz CT molecular complexity index is 1190. The SMILES string of the molecule is C=C1CC[C@H](OCCCNC(=O)CCCC[C@H]2SC[C@@H]3NC(=O)N[C@@H]32)CC1=CC=C1CCC[C@@]2(C)C1CC[C@H]2[C@H](C)CCCC(C)(C)O. The van der Waals surface area contributed by atoms with Crippen LogP contribution in [0.3, 0.4) is 0 Å². The van der Waals surface area contributed by atoms with Gasteiger partial charge < -0.3 is 25.8 Å². The van der Waals surface area contributed by atoms with Crippen LogP contribution < -0.4 is 16.0 Å². The summed E-state index contributed by atoms with van der Waals surface area (Å²) in [5, 5.41) is 19.7. The zero-order valence-corrected chi connectivity index (χ0v) is 31.2. The van der Waals surface area contributed by atoms with Gasteiger partial charge in [-0.05, 0) is 120 Å². The molecular formula is C40H65N3O4S. The van der Waals surface area contributed by atoms with Crippen molar-refractivity contribution in [1.82, 2.24) is 16.0 Å². The standard InChI is InChI=1S/C40H65N3O4S/c1-27-15-18-31(47-24-10-23-41-36(44)14-7-6-13-35-37-34(26-48-35)42-38(45)43-37)25-30(27)17-16-29-12-9-22-40(5)32(19-20-33(29)40)28(2)11-8-21-39(3,4)46/h16-17,28,31-35,37,46H,1,6-15,18-26H2,2-5H3,(H,41,44)(H2,42,43,45)/t28-,31+,32+,33?,34+,35-,37+,40-/m1/s1. The lowest BCUT2D eigenvalue weighted by Gasteiger charge is -2.44. The monoisotopic (exact) mass is 683 g/mol. The summed E-state index contributed by atoms with van der Waals surface area (Å²) in [7, 11) is 0. The van der Waals surface area contributed by atoms with Crippen LogP contribution in [0.4, 0.5) is 4.79 Å². The molecule has 0 aromatic carbocycles. The second-order valence-corrected chi connectivity index (χ2v) is 17.9. The van der Waals surface area contributed by atoms with Crippen LogP contribution in [0, 0.1) is 23.2 Å². The number of hydrogen-bond donors (Lipinski definition) is 4. The van der Waals surface area contributed by atoms with Gasteiger partial charge >= 0.3 is 6.03 Å². The molecule has 2 heterocycles. The molecule has 2 aliphatic heterocycles. The average Bonchev–Trinajstić information content (AvgIpc) is 3.70. The highest BCUT2D eigenvalue weighted by atomic mass is 32.2. The minimum Gasteiger partial charge on any atom is -0.390 e. The number of thioether (sulfide) groups is 1. The number of carbonyl (C=O) groups is 2. The van der Waals surface area contributed by atoms with Crippen LogP contribution in [0.1, 0.15) is 130 Å². The Labute approximate surface area is 295 Å². The summed E-state index contributed by atoms with van der Waals surface area (Å²) in [4.78, 5) is 23.9. The fourth-order valence-electron chi connectivity index (χ4n) is 9.71. The fraction of sp³-hybridized carbons (Fsp3) is 0.800. The highest BCUT2D eigenvalue weighted by Gasteiger charge is 2.50. The van der Waals surface area contributed by atoms with Gasteiger partial charge in [0.1, 0.15) is 0 Å². The van der Waals surface area contributed by atoms with Crippen molar-refractivity contribution in [3.05, 3.63) is 35.5 Å². The maximum absolute atomic E-state index is 12.4. The van der Waals surface area contributed by atoms with Gasteiger partial charge in [-0.2, -0.15) is 11.8 Å². The first kappa shape index (κ1) is 37.5. The molecule has 0 aromatic heterocycles. The van der Waals surface area contributed by atoms with Crippen molar-refractivity contribution in [3.63, 3.8) is 0 Å². The maximum atomic E-state index is 12.4. The highest BCUT2D eigenvalue weighted by molar-refractivity contribution is 8.00. The Morgan fingerprint density at radius 1 is 1.17 bits per heavy atom. The molecule has 2 saturated heterocycles. The van der Waals surface area contributed by atoms with Gasteiger partial charge in [0, 0.05) is 30.6 Å². The summed E-state index contributed by atoms with van der Waals surface area (Å²) in [5.74, 6) is 3.28. The largest absolute Gasteiger partial charge is 0.390 e. The molecular weight excluding hydrogens is 619 g/mol. The Kier molecular flexibility index (Phi) is 13.2. The Balaban J connectivity index is 0.991. The van der Waals surface area contributed by atoms with Gasteiger partial charge in [0.15, 0.2) is 0 Å². The molecule has 4 N–H and O–H groups in total. The van der Waals surface area contributed by atoms with Gasteiger partial charge in [-0.25, -0.2) is 4.79 Å². The third kappa shape index (κ3) is 9.93. The minimum atomic E-state index is -0.558. The van der Waals surface area contributed by atoms with E-state index in [1.165, 1.54) is 49.7 Å². The Morgan fingerprint density at radius 2 is 2.00 bits per heavy atom. The van der Waals surface area contributed by atoms with Crippen LogP contribution in [0.2, 0.25) is 0 Å². The maximum Gasteiger partial charge on any atom is 0.315 e. The number of ether oxygens (including phenoxy) is 1. The number of aliphatic hydroxyl groups is 1. The quantitative estimate of drug-likeness (QED) is 0.0977. The number of unbranched alkanes of at least 4 members (excludes halogenated alkanes) is 1. The van der Waals surface area contributed by atoms with Gasteiger partial charge in [0.05, 0.1) is 23.8 Å². The summed E-state index contributed by atoms with van der Waals surface area (Å²) in [6.07, 6.45) is 22.1. The van der Waals surface area contributed by atoms with E-state index in [0.717, 1.165) is 69.5 Å². The molecule has 0 aromatic rings. The molecule has 3 saturated carbocycles. The lowest BCUT2D eigenvalue weighted by molar-refractivity contribution is -0.121. The number of nitrogens with one attached hydrogen (secondary N) is 3. The van der Waals surface area contributed by atoms with Crippen molar-refractivity contribution in [3.8, 4) is 0 Å². The molecule has 0 spiro atoms. The summed E-state index contributed by atoms with van der Waals surface area (Å²) >= 11 is 1.93. The summed E-state index contributed by atoms with van der Waals surface area (Å²) < 4.78 is 6.30. The third-order valence-electron chi connectivity index (χ3n) is 12.4. The first-order valence-electron chi connectivity index (χ1n) is 19.3. The van der Waals surface area contributed by atoms with E-state index in [1.807, 2.05) is 25.6 Å². The van der Waals surface area contributed by atoms with Crippen LogP contribution in [-0.4, -0.2) is 65.0 Å². The number of amides is 3. The number of carbonyl (C=O) groups excluding carboxylic acids is 2. The lowest BCUT2D eigenvalue weighted by atomic mass is 9.60. The van der Waals surface area contributed by atoms with E-state index >= 15 is 0 Å².